The van der Waals surface area contributed by atoms with Crippen molar-refractivity contribution >= 4 is 23.6 Å². The fourth-order valence-electron chi connectivity index (χ4n) is 1.59. The van der Waals surface area contributed by atoms with Crippen LogP contribution in [0.5, 0.6) is 0 Å². The molecule has 1 saturated heterocycles. The number of aromatic nitrogens is 4. The number of nitrogens with one attached hydrogen (secondary N) is 1. The third kappa shape index (κ3) is 2.73. The Labute approximate surface area is 101 Å². The van der Waals surface area contributed by atoms with E-state index in [9.17, 15) is 9.59 Å². The molecular formula is C8H11N5O3S. The van der Waals surface area contributed by atoms with Crippen LogP contribution < -0.4 is 5.32 Å². The zero-order chi connectivity index (χ0) is 12.3. The SMILES string of the molecule is O=C(O)CSc1nnnn1C1CCCNC1=O. The Kier molecular flexibility index (Phi) is 3.57. The van der Waals surface area contributed by atoms with Gasteiger partial charge in [0, 0.05) is 6.54 Å². The highest BCUT2D eigenvalue weighted by atomic mass is 32.2. The number of amides is 1. The lowest BCUT2D eigenvalue weighted by Crippen LogP contribution is -2.38. The molecule has 92 valence electrons. The Morgan fingerprint density at radius 1 is 1.65 bits per heavy atom. The largest absolute Gasteiger partial charge is 0.481 e. The molecule has 1 fully saturated rings. The molecule has 0 aromatic carbocycles. The van der Waals surface area contributed by atoms with Crippen LogP contribution in [0.1, 0.15) is 18.9 Å². The number of carbonyl (C=O) groups excluding carboxylic acids is 1. The lowest BCUT2D eigenvalue weighted by Gasteiger charge is -2.21. The van der Waals surface area contributed by atoms with Gasteiger partial charge in [-0.2, -0.15) is 0 Å². The maximum atomic E-state index is 11.6. The second-order valence-electron chi connectivity index (χ2n) is 3.54. The molecule has 0 saturated carbocycles. The van der Waals surface area contributed by atoms with Gasteiger partial charge in [-0.05, 0) is 23.3 Å². The zero-order valence-electron chi connectivity index (χ0n) is 8.87. The van der Waals surface area contributed by atoms with Gasteiger partial charge in [0.05, 0.1) is 5.75 Å². The van der Waals surface area contributed by atoms with Gasteiger partial charge in [-0.3, -0.25) is 9.59 Å². The van der Waals surface area contributed by atoms with Gasteiger partial charge >= 0.3 is 5.97 Å². The highest BCUT2D eigenvalue weighted by molar-refractivity contribution is 7.99. The lowest BCUT2D eigenvalue weighted by molar-refractivity contribution is -0.134. The predicted octanol–water partition coefficient (Wildman–Crippen LogP) is -0.699. The molecule has 9 heteroatoms. The first-order valence-corrected chi connectivity index (χ1v) is 6.07. The first-order valence-electron chi connectivity index (χ1n) is 5.08. The summed E-state index contributed by atoms with van der Waals surface area (Å²) in [6.45, 7) is 0.662. The number of carboxylic acids is 1. The minimum absolute atomic E-state index is 0.124. The highest BCUT2D eigenvalue weighted by Crippen LogP contribution is 2.22. The van der Waals surface area contributed by atoms with Gasteiger partial charge in [-0.25, -0.2) is 4.68 Å². The van der Waals surface area contributed by atoms with Crippen LogP contribution in [0.3, 0.4) is 0 Å². The van der Waals surface area contributed by atoms with E-state index in [1.807, 2.05) is 0 Å². The molecule has 2 N–H and O–H groups in total. The minimum Gasteiger partial charge on any atom is -0.481 e. The maximum Gasteiger partial charge on any atom is 0.313 e. The van der Waals surface area contributed by atoms with Crippen LogP contribution in [-0.4, -0.2) is 49.5 Å². The van der Waals surface area contributed by atoms with Gasteiger partial charge in [0.2, 0.25) is 11.1 Å². The molecule has 17 heavy (non-hydrogen) atoms. The molecule has 8 nitrogen and oxygen atoms in total. The van der Waals surface area contributed by atoms with Crippen molar-refractivity contribution in [2.75, 3.05) is 12.3 Å². The maximum absolute atomic E-state index is 11.6. The second kappa shape index (κ2) is 5.13. The van der Waals surface area contributed by atoms with E-state index >= 15 is 0 Å². The van der Waals surface area contributed by atoms with E-state index in [-0.39, 0.29) is 11.7 Å². The third-order valence-corrected chi connectivity index (χ3v) is 3.26. The summed E-state index contributed by atoms with van der Waals surface area (Å²) in [7, 11) is 0. The van der Waals surface area contributed by atoms with Crippen molar-refractivity contribution in [2.45, 2.75) is 24.0 Å². The van der Waals surface area contributed by atoms with Crippen LogP contribution in [0, 0.1) is 0 Å². The minimum atomic E-state index is -0.947. The number of piperidine rings is 1. The van der Waals surface area contributed by atoms with Gasteiger partial charge in [-0.15, -0.1) is 5.10 Å². The number of tetrazole rings is 1. The first kappa shape index (κ1) is 11.8. The van der Waals surface area contributed by atoms with Crippen LogP contribution in [0.15, 0.2) is 5.16 Å². The molecule has 1 aliphatic heterocycles. The number of aliphatic carboxylic acids is 1. The standard InChI is InChI=1S/C8H11N5O3S/c14-6(15)4-17-8-10-11-12-13(8)5-2-1-3-9-7(5)16/h5H,1-4H2,(H,9,16)(H,14,15). The van der Waals surface area contributed by atoms with Crippen LogP contribution in [0.2, 0.25) is 0 Å². The summed E-state index contributed by atoms with van der Waals surface area (Å²) in [5.41, 5.74) is 0. The number of nitrogens with zero attached hydrogens (tertiary/aromatic N) is 4. The predicted molar refractivity (Wildman–Crippen MR) is 57.5 cm³/mol. The molecule has 1 atom stereocenters. The second-order valence-corrected chi connectivity index (χ2v) is 4.48. The summed E-state index contributed by atoms with van der Waals surface area (Å²) in [4.78, 5) is 22.1. The van der Waals surface area contributed by atoms with Gasteiger partial charge in [-0.1, -0.05) is 11.8 Å². The van der Waals surface area contributed by atoms with Crippen molar-refractivity contribution in [3.63, 3.8) is 0 Å². The molecule has 0 bridgehead atoms. The summed E-state index contributed by atoms with van der Waals surface area (Å²) in [6.07, 6.45) is 1.52. The van der Waals surface area contributed by atoms with Crippen molar-refractivity contribution in [1.29, 1.82) is 0 Å². The Morgan fingerprint density at radius 3 is 3.18 bits per heavy atom. The van der Waals surface area contributed by atoms with Crippen molar-refractivity contribution in [3.8, 4) is 0 Å². The van der Waals surface area contributed by atoms with Crippen LogP contribution in [0.4, 0.5) is 0 Å². The van der Waals surface area contributed by atoms with E-state index < -0.39 is 12.0 Å². The zero-order valence-corrected chi connectivity index (χ0v) is 9.68. The lowest BCUT2D eigenvalue weighted by atomic mass is 10.1. The Balaban J connectivity index is 2.12. The van der Waals surface area contributed by atoms with Crippen LogP contribution >= 0.6 is 11.8 Å². The molecule has 1 aliphatic rings. The summed E-state index contributed by atoms with van der Waals surface area (Å²) in [5, 5.41) is 22.6. The van der Waals surface area contributed by atoms with Gasteiger partial charge < -0.3 is 10.4 Å². The fourth-order valence-corrected chi connectivity index (χ4v) is 2.23. The van der Waals surface area contributed by atoms with Gasteiger partial charge in [0.25, 0.3) is 0 Å². The molecule has 0 radical (unpaired) electrons. The Hall–Kier alpha value is -1.64. The number of carbonyl (C=O) groups is 2. The molecule has 0 aliphatic carbocycles. The molecule has 1 unspecified atom stereocenters. The monoisotopic (exact) mass is 257 g/mol. The summed E-state index contributed by atoms with van der Waals surface area (Å²) < 4.78 is 1.39. The van der Waals surface area contributed by atoms with Gasteiger partial charge in [0.1, 0.15) is 6.04 Å². The van der Waals surface area contributed by atoms with Crippen molar-refractivity contribution in [2.24, 2.45) is 0 Å². The Bertz CT molecular complexity index is 435. The number of rotatable bonds is 4. The van der Waals surface area contributed by atoms with Gasteiger partial charge in [0.15, 0.2) is 0 Å². The molecular weight excluding hydrogens is 246 g/mol. The van der Waals surface area contributed by atoms with Crippen LogP contribution in [-0.2, 0) is 9.59 Å². The van der Waals surface area contributed by atoms with E-state index in [4.69, 9.17) is 5.11 Å². The van der Waals surface area contributed by atoms with E-state index in [0.29, 0.717) is 18.1 Å². The number of thioether (sulfide) groups is 1. The number of hydrogen-bond donors (Lipinski definition) is 2. The Morgan fingerprint density at radius 2 is 2.47 bits per heavy atom. The molecule has 1 amide bonds. The van der Waals surface area contributed by atoms with E-state index in [1.54, 1.807) is 0 Å². The smallest absolute Gasteiger partial charge is 0.313 e. The van der Waals surface area contributed by atoms with E-state index in [2.05, 4.69) is 20.8 Å². The molecule has 0 spiro atoms. The summed E-state index contributed by atoms with van der Waals surface area (Å²) in [5.74, 6) is -1.20. The molecule has 1 aromatic rings. The average Bonchev–Trinajstić information content (AvgIpc) is 2.75. The topological polar surface area (TPSA) is 110 Å². The van der Waals surface area contributed by atoms with E-state index in [1.165, 1.54) is 4.68 Å². The number of carboxylic acid groups (broad SMARTS) is 1. The molecule has 1 aromatic heterocycles. The number of hydrogen-bond acceptors (Lipinski definition) is 6. The summed E-state index contributed by atoms with van der Waals surface area (Å²) >= 11 is 1.00. The van der Waals surface area contributed by atoms with Crippen LogP contribution in [0.25, 0.3) is 0 Å². The fraction of sp³-hybridized carbons (Fsp3) is 0.625. The van der Waals surface area contributed by atoms with Crippen molar-refractivity contribution < 1.29 is 14.7 Å². The molecule has 2 rings (SSSR count). The van der Waals surface area contributed by atoms with E-state index in [0.717, 1.165) is 18.2 Å². The highest BCUT2D eigenvalue weighted by Gasteiger charge is 2.27. The normalized spacial score (nSPS) is 20.0. The summed E-state index contributed by atoms with van der Waals surface area (Å²) in [6, 6.07) is -0.435. The van der Waals surface area contributed by atoms with Crippen molar-refractivity contribution in [1.82, 2.24) is 25.5 Å². The third-order valence-electron chi connectivity index (χ3n) is 2.34. The van der Waals surface area contributed by atoms with Crippen molar-refractivity contribution in [3.05, 3.63) is 0 Å². The first-order chi connectivity index (χ1) is 8.18. The quantitative estimate of drug-likeness (QED) is 0.686. The average molecular weight is 257 g/mol. The molecule has 2 heterocycles.